The van der Waals surface area contributed by atoms with E-state index < -0.39 is 0 Å². The number of anilines is 1. The summed E-state index contributed by atoms with van der Waals surface area (Å²) in [6, 6.07) is 5.22. The van der Waals surface area contributed by atoms with Crippen LogP contribution in [0, 0.1) is 5.41 Å². The van der Waals surface area contributed by atoms with Gasteiger partial charge in [0.25, 0.3) is 0 Å². The fraction of sp³-hybridized carbons (Fsp3) is 0.357. The van der Waals surface area contributed by atoms with Crippen molar-refractivity contribution in [1.29, 1.82) is 0 Å². The number of benzene rings is 1. The number of rotatable bonds is 1. The van der Waals surface area contributed by atoms with Crippen LogP contribution >= 0.6 is 11.6 Å². The Morgan fingerprint density at radius 3 is 2.40 bits per heavy atom. The second-order valence-corrected chi connectivity index (χ2v) is 5.88. The average Bonchev–Trinajstić information content (AvgIpc) is 3.13. The number of nitrogens with two attached hydrogens (primary N) is 1. The van der Waals surface area contributed by atoms with Crippen molar-refractivity contribution in [3.63, 3.8) is 0 Å². The SMILES string of the molecule is Nc1cc(-c2cc3c(cc2Cl)OCC2(CC2)CO3)no1. The lowest BCUT2D eigenvalue weighted by atomic mass is 10.1. The maximum Gasteiger partial charge on any atom is 0.222 e. The van der Waals surface area contributed by atoms with Gasteiger partial charge in [0.1, 0.15) is 5.69 Å². The van der Waals surface area contributed by atoms with Gasteiger partial charge in [0, 0.05) is 23.1 Å². The Balaban J connectivity index is 1.74. The quantitative estimate of drug-likeness (QED) is 0.874. The lowest BCUT2D eigenvalue weighted by molar-refractivity contribution is 0.197. The molecule has 0 saturated heterocycles. The van der Waals surface area contributed by atoms with Gasteiger partial charge in [-0.1, -0.05) is 16.8 Å². The van der Waals surface area contributed by atoms with Crippen LogP contribution in [0.5, 0.6) is 11.5 Å². The van der Waals surface area contributed by atoms with Crippen molar-refractivity contribution >= 4 is 17.5 Å². The molecule has 2 N–H and O–H groups in total. The third kappa shape index (κ3) is 1.89. The molecule has 0 radical (unpaired) electrons. The molecule has 0 unspecified atom stereocenters. The molecule has 20 heavy (non-hydrogen) atoms. The number of hydrogen-bond acceptors (Lipinski definition) is 5. The Bertz CT molecular complexity index is 679. The van der Waals surface area contributed by atoms with Crippen LogP contribution in [0.2, 0.25) is 5.02 Å². The summed E-state index contributed by atoms with van der Waals surface area (Å²) in [6.45, 7) is 1.37. The molecule has 0 amide bonds. The van der Waals surface area contributed by atoms with Crippen LogP contribution in [-0.2, 0) is 0 Å². The molecule has 104 valence electrons. The summed E-state index contributed by atoms with van der Waals surface area (Å²) in [4.78, 5) is 0. The van der Waals surface area contributed by atoms with Crippen molar-refractivity contribution in [1.82, 2.24) is 5.16 Å². The molecule has 0 atom stereocenters. The number of fused-ring (bicyclic) bond motifs is 1. The molecule has 1 aliphatic carbocycles. The van der Waals surface area contributed by atoms with Crippen molar-refractivity contribution in [2.45, 2.75) is 12.8 Å². The first-order chi connectivity index (χ1) is 9.65. The predicted molar refractivity (Wildman–Crippen MR) is 74.0 cm³/mol. The number of nitrogen functional groups attached to an aromatic ring is 1. The molecule has 4 rings (SSSR count). The highest BCUT2D eigenvalue weighted by molar-refractivity contribution is 6.33. The van der Waals surface area contributed by atoms with E-state index >= 15 is 0 Å². The van der Waals surface area contributed by atoms with Crippen molar-refractivity contribution in [3.8, 4) is 22.8 Å². The predicted octanol–water partition coefficient (Wildman–Crippen LogP) is 3.13. The minimum absolute atomic E-state index is 0.198. The highest BCUT2D eigenvalue weighted by Crippen LogP contribution is 2.50. The van der Waals surface area contributed by atoms with Gasteiger partial charge in [-0.05, 0) is 18.9 Å². The van der Waals surface area contributed by atoms with Crippen molar-refractivity contribution in [3.05, 3.63) is 23.2 Å². The van der Waals surface area contributed by atoms with Crippen LogP contribution < -0.4 is 15.2 Å². The molecule has 0 bridgehead atoms. The first-order valence-electron chi connectivity index (χ1n) is 6.47. The fourth-order valence-corrected chi connectivity index (χ4v) is 2.59. The van der Waals surface area contributed by atoms with Crippen LogP contribution in [0.15, 0.2) is 22.7 Å². The van der Waals surface area contributed by atoms with Crippen LogP contribution in [0.25, 0.3) is 11.3 Å². The lowest BCUT2D eigenvalue weighted by Crippen LogP contribution is -2.17. The average molecular weight is 293 g/mol. The van der Waals surface area contributed by atoms with E-state index in [0.717, 1.165) is 18.4 Å². The van der Waals surface area contributed by atoms with Gasteiger partial charge in [-0.15, -0.1) is 0 Å². The minimum atomic E-state index is 0.198. The molecule has 2 aliphatic rings. The second-order valence-electron chi connectivity index (χ2n) is 5.47. The molecule has 1 spiro atoms. The molecular weight excluding hydrogens is 280 g/mol. The number of ether oxygens (including phenoxy) is 2. The van der Waals surface area contributed by atoms with Crippen LogP contribution in [0.4, 0.5) is 5.88 Å². The molecule has 2 aromatic rings. The number of nitrogens with zero attached hydrogens (tertiary/aromatic N) is 1. The van der Waals surface area contributed by atoms with Gasteiger partial charge in [-0.2, -0.15) is 0 Å². The lowest BCUT2D eigenvalue weighted by Gasteiger charge is -2.09. The van der Waals surface area contributed by atoms with E-state index in [2.05, 4.69) is 5.16 Å². The van der Waals surface area contributed by atoms with Crippen molar-refractivity contribution < 1.29 is 14.0 Å². The largest absolute Gasteiger partial charge is 0.489 e. The van der Waals surface area contributed by atoms with Crippen LogP contribution in [-0.4, -0.2) is 18.4 Å². The zero-order valence-corrected chi connectivity index (χ0v) is 11.4. The van der Waals surface area contributed by atoms with Crippen molar-refractivity contribution in [2.75, 3.05) is 18.9 Å². The zero-order chi connectivity index (χ0) is 13.7. The minimum Gasteiger partial charge on any atom is -0.489 e. The summed E-state index contributed by atoms with van der Waals surface area (Å²) in [5.74, 6) is 1.62. The Morgan fingerprint density at radius 1 is 1.10 bits per heavy atom. The summed E-state index contributed by atoms with van der Waals surface area (Å²) in [5, 5.41) is 4.41. The van der Waals surface area contributed by atoms with Crippen LogP contribution in [0.1, 0.15) is 12.8 Å². The Hall–Kier alpha value is -1.88. The monoisotopic (exact) mass is 292 g/mol. The standard InChI is InChI=1S/C14H13ClN2O3/c15-9-4-12-11(18-6-14(1-2-14)7-19-12)3-8(9)10-5-13(16)20-17-10/h3-5H,1-2,6-7,16H2. The molecule has 1 saturated carbocycles. The van der Waals surface area contributed by atoms with E-state index in [-0.39, 0.29) is 11.3 Å². The zero-order valence-electron chi connectivity index (χ0n) is 10.7. The van der Waals surface area contributed by atoms with Gasteiger partial charge in [0.05, 0.1) is 18.2 Å². The van der Waals surface area contributed by atoms with E-state index in [1.807, 2.05) is 6.07 Å². The van der Waals surface area contributed by atoms with Gasteiger partial charge in [0.2, 0.25) is 5.88 Å². The molecule has 1 fully saturated rings. The Kier molecular flexibility index (Phi) is 2.41. The van der Waals surface area contributed by atoms with Gasteiger partial charge < -0.3 is 19.7 Å². The maximum atomic E-state index is 6.29. The highest BCUT2D eigenvalue weighted by Gasteiger charge is 2.46. The second kappa shape index (κ2) is 4.06. The van der Waals surface area contributed by atoms with Crippen molar-refractivity contribution in [2.24, 2.45) is 5.41 Å². The molecule has 1 aliphatic heterocycles. The summed E-state index contributed by atoms with van der Waals surface area (Å²) >= 11 is 6.29. The van der Waals surface area contributed by atoms with Gasteiger partial charge in [-0.3, -0.25) is 0 Å². The summed E-state index contributed by atoms with van der Waals surface area (Å²) in [7, 11) is 0. The first kappa shape index (κ1) is 11.9. The number of halogens is 1. The summed E-state index contributed by atoms with van der Waals surface area (Å²) < 4.78 is 16.6. The highest BCUT2D eigenvalue weighted by atomic mass is 35.5. The normalized spacial score (nSPS) is 18.9. The third-order valence-corrected chi connectivity index (χ3v) is 4.18. The van der Waals surface area contributed by atoms with Gasteiger partial charge in [-0.25, -0.2) is 0 Å². The summed E-state index contributed by atoms with van der Waals surface area (Å²) in [5.41, 5.74) is 7.05. The fourth-order valence-electron chi connectivity index (χ4n) is 2.34. The van der Waals surface area contributed by atoms with E-state index in [0.29, 0.717) is 35.4 Å². The Morgan fingerprint density at radius 2 is 1.80 bits per heavy atom. The molecular formula is C14H13ClN2O3. The molecule has 6 heteroatoms. The molecule has 5 nitrogen and oxygen atoms in total. The molecule has 1 aromatic carbocycles. The Labute approximate surface area is 120 Å². The van der Waals surface area contributed by atoms with E-state index in [1.165, 1.54) is 0 Å². The maximum absolute atomic E-state index is 6.29. The van der Waals surface area contributed by atoms with Crippen LogP contribution in [0.3, 0.4) is 0 Å². The number of hydrogen-bond donors (Lipinski definition) is 1. The van der Waals surface area contributed by atoms with Gasteiger partial charge >= 0.3 is 0 Å². The van der Waals surface area contributed by atoms with E-state index in [4.69, 9.17) is 31.3 Å². The third-order valence-electron chi connectivity index (χ3n) is 3.86. The van der Waals surface area contributed by atoms with E-state index in [9.17, 15) is 0 Å². The number of aromatic nitrogens is 1. The molecule has 2 heterocycles. The summed E-state index contributed by atoms with van der Waals surface area (Å²) in [6.07, 6.45) is 2.31. The smallest absolute Gasteiger partial charge is 0.222 e. The van der Waals surface area contributed by atoms with Gasteiger partial charge in [0.15, 0.2) is 11.5 Å². The topological polar surface area (TPSA) is 70.5 Å². The first-order valence-corrected chi connectivity index (χ1v) is 6.85. The molecule has 1 aromatic heterocycles. The van der Waals surface area contributed by atoms with E-state index in [1.54, 1.807) is 12.1 Å².